The average molecular weight is 290 g/mol. The summed E-state index contributed by atoms with van der Waals surface area (Å²) < 4.78 is 7.02. The second-order valence-electron chi connectivity index (χ2n) is 4.07. The van der Waals surface area contributed by atoms with Crippen molar-refractivity contribution in [3.8, 4) is 5.75 Å². The molecule has 1 aromatic carbocycles. The van der Waals surface area contributed by atoms with E-state index < -0.39 is 0 Å². The van der Waals surface area contributed by atoms with Crippen molar-refractivity contribution in [2.24, 2.45) is 12.8 Å². The molecule has 0 saturated heterocycles. The number of aromatic nitrogens is 2. The Morgan fingerprint density at radius 3 is 2.85 bits per heavy atom. The lowest BCUT2D eigenvalue weighted by Crippen LogP contribution is -2.21. The topological polar surface area (TPSA) is 82.2 Å². The number of ether oxygens (including phenoxy) is 1. The highest BCUT2D eigenvalue weighted by molar-refractivity contribution is 7.80. The molecule has 104 valence electrons. The van der Waals surface area contributed by atoms with Gasteiger partial charge in [-0.3, -0.25) is 9.48 Å². The third-order valence-corrected chi connectivity index (χ3v) is 2.71. The number of nitrogens with zero attached hydrogens (tertiary/aromatic N) is 2. The van der Waals surface area contributed by atoms with Crippen molar-refractivity contribution < 1.29 is 9.53 Å². The highest BCUT2D eigenvalue weighted by Gasteiger charge is 2.09. The first kappa shape index (κ1) is 14.0. The molecule has 20 heavy (non-hydrogen) atoms. The first-order valence-corrected chi connectivity index (χ1v) is 6.28. The number of hydrogen-bond donors (Lipinski definition) is 2. The van der Waals surface area contributed by atoms with E-state index in [1.54, 1.807) is 48.3 Å². The number of rotatable bonds is 5. The molecule has 0 bridgehead atoms. The van der Waals surface area contributed by atoms with Gasteiger partial charge < -0.3 is 15.8 Å². The minimum atomic E-state index is -0.304. The van der Waals surface area contributed by atoms with Crippen LogP contribution in [-0.4, -0.2) is 27.3 Å². The second kappa shape index (κ2) is 6.16. The standard InChI is InChI=1S/C13H14N4O2S/c1-17-7-6-11(16-17)15-12(18)8-19-10-5-3-2-4-9(10)13(14)20/h2-7H,8H2,1H3,(H2,14,20)(H,15,16,18). The Hall–Kier alpha value is -2.41. The van der Waals surface area contributed by atoms with Crippen molar-refractivity contribution in [3.63, 3.8) is 0 Å². The molecule has 1 aromatic heterocycles. The molecule has 0 fully saturated rings. The number of carbonyl (C=O) groups excluding carboxylic acids is 1. The van der Waals surface area contributed by atoms with Crippen LogP contribution in [0.3, 0.4) is 0 Å². The van der Waals surface area contributed by atoms with Crippen LogP contribution in [0.1, 0.15) is 5.56 Å². The summed E-state index contributed by atoms with van der Waals surface area (Å²) in [5, 5.41) is 6.66. The number of thiocarbonyl (C=S) groups is 1. The van der Waals surface area contributed by atoms with Gasteiger partial charge in [0, 0.05) is 19.3 Å². The summed E-state index contributed by atoms with van der Waals surface area (Å²) in [5.41, 5.74) is 6.19. The Balaban J connectivity index is 1.95. The molecule has 6 nitrogen and oxygen atoms in total. The minimum absolute atomic E-state index is 0.143. The van der Waals surface area contributed by atoms with Crippen LogP contribution in [0.5, 0.6) is 5.75 Å². The first-order chi connectivity index (χ1) is 9.56. The fraction of sp³-hybridized carbons (Fsp3) is 0.154. The highest BCUT2D eigenvalue weighted by atomic mass is 32.1. The molecule has 0 aliphatic rings. The zero-order valence-electron chi connectivity index (χ0n) is 10.9. The zero-order chi connectivity index (χ0) is 14.5. The van der Waals surface area contributed by atoms with Crippen LogP contribution in [0.25, 0.3) is 0 Å². The number of amides is 1. The van der Waals surface area contributed by atoms with Gasteiger partial charge >= 0.3 is 0 Å². The number of nitrogens with one attached hydrogen (secondary N) is 1. The lowest BCUT2D eigenvalue weighted by Gasteiger charge is -2.09. The first-order valence-electron chi connectivity index (χ1n) is 5.87. The van der Waals surface area contributed by atoms with Crippen LogP contribution in [0.2, 0.25) is 0 Å². The minimum Gasteiger partial charge on any atom is -0.483 e. The number of nitrogens with two attached hydrogens (primary N) is 1. The number of benzene rings is 1. The van der Waals surface area contributed by atoms with Crippen LogP contribution in [0, 0.1) is 0 Å². The van der Waals surface area contributed by atoms with Crippen LogP contribution in [0.4, 0.5) is 5.82 Å². The molecule has 0 spiro atoms. The SMILES string of the molecule is Cn1ccc(NC(=O)COc2ccccc2C(N)=S)n1. The predicted molar refractivity (Wildman–Crippen MR) is 79.7 cm³/mol. The van der Waals surface area contributed by atoms with Crippen LogP contribution < -0.4 is 15.8 Å². The van der Waals surface area contributed by atoms with Crippen molar-refractivity contribution in [1.29, 1.82) is 0 Å². The molecule has 0 saturated carbocycles. The fourth-order valence-electron chi connectivity index (χ4n) is 1.60. The average Bonchev–Trinajstić information content (AvgIpc) is 2.82. The molecule has 3 N–H and O–H groups in total. The summed E-state index contributed by atoms with van der Waals surface area (Å²) in [7, 11) is 1.77. The second-order valence-corrected chi connectivity index (χ2v) is 4.51. The number of anilines is 1. The Bertz CT molecular complexity index is 639. The summed E-state index contributed by atoms with van der Waals surface area (Å²) in [6.45, 7) is -0.143. The summed E-state index contributed by atoms with van der Waals surface area (Å²) >= 11 is 4.92. The lowest BCUT2D eigenvalue weighted by molar-refractivity contribution is -0.118. The maximum atomic E-state index is 11.7. The maximum Gasteiger partial charge on any atom is 0.263 e. The summed E-state index contributed by atoms with van der Waals surface area (Å²) in [4.78, 5) is 12.0. The monoisotopic (exact) mass is 290 g/mol. The molecule has 1 heterocycles. The van der Waals surface area contributed by atoms with Gasteiger partial charge in [0.05, 0.1) is 5.56 Å². The van der Waals surface area contributed by atoms with Crippen LogP contribution >= 0.6 is 12.2 Å². The zero-order valence-corrected chi connectivity index (χ0v) is 11.7. The van der Waals surface area contributed by atoms with E-state index in [-0.39, 0.29) is 17.5 Å². The van der Waals surface area contributed by atoms with E-state index in [1.807, 2.05) is 0 Å². The predicted octanol–water partition coefficient (Wildman–Crippen LogP) is 1.07. The molecule has 7 heteroatoms. The largest absolute Gasteiger partial charge is 0.483 e. The van der Waals surface area contributed by atoms with Gasteiger partial charge in [-0.1, -0.05) is 24.4 Å². The fourth-order valence-corrected chi connectivity index (χ4v) is 1.77. The number of para-hydroxylation sites is 1. The molecule has 2 aromatic rings. The van der Waals surface area contributed by atoms with E-state index in [0.717, 1.165) is 0 Å². The van der Waals surface area contributed by atoms with Crippen molar-refractivity contribution in [2.75, 3.05) is 11.9 Å². The maximum absolute atomic E-state index is 11.7. The Labute approximate surface area is 121 Å². The Morgan fingerprint density at radius 1 is 1.45 bits per heavy atom. The molecular formula is C13H14N4O2S. The van der Waals surface area contributed by atoms with E-state index in [1.165, 1.54) is 0 Å². The quantitative estimate of drug-likeness (QED) is 0.805. The lowest BCUT2D eigenvalue weighted by atomic mass is 10.2. The smallest absolute Gasteiger partial charge is 0.263 e. The molecule has 0 unspecified atom stereocenters. The van der Waals surface area contributed by atoms with Gasteiger partial charge in [-0.15, -0.1) is 0 Å². The molecular weight excluding hydrogens is 276 g/mol. The molecule has 0 aliphatic heterocycles. The van der Waals surface area contributed by atoms with Gasteiger partial charge in [0.1, 0.15) is 10.7 Å². The van der Waals surface area contributed by atoms with E-state index in [2.05, 4.69) is 10.4 Å². The van der Waals surface area contributed by atoms with Crippen molar-refractivity contribution >= 4 is 28.9 Å². The van der Waals surface area contributed by atoms with Gasteiger partial charge in [-0.2, -0.15) is 5.10 Å². The van der Waals surface area contributed by atoms with Crippen molar-refractivity contribution in [2.45, 2.75) is 0 Å². The number of aryl methyl sites for hydroxylation is 1. The van der Waals surface area contributed by atoms with E-state index >= 15 is 0 Å². The van der Waals surface area contributed by atoms with Crippen LogP contribution in [0.15, 0.2) is 36.5 Å². The number of carbonyl (C=O) groups is 1. The summed E-state index contributed by atoms with van der Waals surface area (Å²) in [6.07, 6.45) is 1.73. The van der Waals surface area contributed by atoms with E-state index in [0.29, 0.717) is 17.1 Å². The van der Waals surface area contributed by atoms with Crippen LogP contribution in [-0.2, 0) is 11.8 Å². The highest BCUT2D eigenvalue weighted by Crippen LogP contribution is 2.17. The van der Waals surface area contributed by atoms with Gasteiger partial charge in [-0.25, -0.2) is 0 Å². The third-order valence-electron chi connectivity index (χ3n) is 2.49. The van der Waals surface area contributed by atoms with Crippen molar-refractivity contribution in [3.05, 3.63) is 42.1 Å². The van der Waals surface area contributed by atoms with Gasteiger partial charge in [0.25, 0.3) is 5.91 Å². The van der Waals surface area contributed by atoms with Gasteiger partial charge in [0.2, 0.25) is 0 Å². The molecule has 0 radical (unpaired) electrons. The normalized spacial score (nSPS) is 10.1. The summed E-state index contributed by atoms with van der Waals surface area (Å²) in [5.74, 6) is 0.654. The molecule has 2 rings (SSSR count). The van der Waals surface area contributed by atoms with Gasteiger partial charge in [0.15, 0.2) is 12.4 Å². The molecule has 0 aliphatic carbocycles. The Morgan fingerprint density at radius 2 is 2.20 bits per heavy atom. The van der Waals surface area contributed by atoms with E-state index in [9.17, 15) is 4.79 Å². The van der Waals surface area contributed by atoms with Crippen molar-refractivity contribution in [1.82, 2.24) is 9.78 Å². The molecule has 0 atom stereocenters. The van der Waals surface area contributed by atoms with Gasteiger partial charge in [-0.05, 0) is 12.1 Å². The third kappa shape index (κ3) is 3.55. The molecule has 1 amide bonds. The Kier molecular flexibility index (Phi) is 4.31. The van der Waals surface area contributed by atoms with E-state index in [4.69, 9.17) is 22.7 Å². The summed E-state index contributed by atoms with van der Waals surface area (Å²) in [6, 6.07) is 8.74. The number of hydrogen-bond acceptors (Lipinski definition) is 4.